The molecule has 0 rings (SSSR count). The fourth-order valence-corrected chi connectivity index (χ4v) is 1.47. The lowest BCUT2D eigenvalue weighted by Crippen LogP contribution is -1.88. The maximum atomic E-state index is 2.50. The molecule has 1 unspecified atom stereocenters. The normalized spacial score (nSPS) is 13.5. The average molecular weight is 254 g/mol. The van der Waals surface area contributed by atoms with E-state index in [1.54, 1.807) is 0 Å². The van der Waals surface area contributed by atoms with Gasteiger partial charge < -0.3 is 0 Å². The first-order chi connectivity index (χ1) is 4.77. The van der Waals surface area contributed by atoms with Crippen LogP contribution in [0.2, 0.25) is 0 Å². The number of hydrogen-bond donors (Lipinski definition) is 0. The molecule has 0 aromatic rings. The van der Waals surface area contributed by atoms with Gasteiger partial charge >= 0.3 is 0 Å². The summed E-state index contributed by atoms with van der Waals surface area (Å²) in [5.41, 5.74) is 0. The van der Waals surface area contributed by atoms with Gasteiger partial charge in [-0.25, -0.2) is 0 Å². The molecule has 62 valence electrons. The predicted molar refractivity (Wildman–Crippen MR) is 56.9 cm³/mol. The summed E-state index contributed by atoms with van der Waals surface area (Å²) in [7, 11) is 0. The third-order valence-electron chi connectivity index (χ3n) is 1.71. The Labute approximate surface area is 78.9 Å². The number of unbranched alkanes of at least 4 members (excludes halogenated alkanes) is 4. The topological polar surface area (TPSA) is 0 Å². The Bertz CT molecular complexity index is 59.7. The zero-order chi connectivity index (χ0) is 7.82. The van der Waals surface area contributed by atoms with Gasteiger partial charge in [-0.1, -0.05) is 68.5 Å². The van der Waals surface area contributed by atoms with Crippen LogP contribution in [-0.2, 0) is 0 Å². The molecule has 0 aromatic heterocycles. The van der Waals surface area contributed by atoms with E-state index < -0.39 is 0 Å². The summed E-state index contributed by atoms with van der Waals surface area (Å²) in [5.74, 6) is 0. The van der Waals surface area contributed by atoms with Gasteiger partial charge in [0.15, 0.2) is 0 Å². The summed E-state index contributed by atoms with van der Waals surface area (Å²) in [6.45, 7) is 4.56. The molecule has 0 heterocycles. The molecule has 1 heteroatoms. The second kappa shape index (κ2) is 7.83. The third kappa shape index (κ3) is 8.73. The summed E-state index contributed by atoms with van der Waals surface area (Å²) in [6, 6.07) is 0. The molecule has 0 radical (unpaired) electrons. The van der Waals surface area contributed by atoms with E-state index in [0.29, 0.717) is 0 Å². The fourth-order valence-electron chi connectivity index (χ4n) is 1.03. The molecule has 1 atom stereocenters. The minimum atomic E-state index is 0.874. The molecule has 0 saturated carbocycles. The van der Waals surface area contributed by atoms with Crippen molar-refractivity contribution in [2.75, 3.05) is 0 Å². The Kier molecular flexibility index (Phi) is 8.40. The fraction of sp³-hybridized carbons (Fsp3) is 1.00. The SMILES string of the molecule is CCCCCCCC(C)I. The van der Waals surface area contributed by atoms with E-state index in [9.17, 15) is 0 Å². The second-order valence-electron chi connectivity index (χ2n) is 2.98. The molecule has 0 fully saturated rings. The highest BCUT2D eigenvalue weighted by molar-refractivity contribution is 14.1. The molecule has 0 aliphatic carbocycles. The maximum absolute atomic E-state index is 2.50. The van der Waals surface area contributed by atoms with Gasteiger partial charge in [0.25, 0.3) is 0 Å². The third-order valence-corrected chi connectivity index (χ3v) is 2.33. The van der Waals surface area contributed by atoms with Crippen molar-refractivity contribution in [1.82, 2.24) is 0 Å². The van der Waals surface area contributed by atoms with Crippen molar-refractivity contribution >= 4 is 22.6 Å². The van der Waals surface area contributed by atoms with Crippen LogP contribution in [0.1, 0.15) is 52.4 Å². The van der Waals surface area contributed by atoms with E-state index in [1.165, 1.54) is 38.5 Å². The first kappa shape index (κ1) is 10.7. The van der Waals surface area contributed by atoms with Crippen LogP contribution in [0, 0.1) is 0 Å². The molecular formula is C9H19I. The maximum Gasteiger partial charge on any atom is 0.00813 e. The number of rotatable bonds is 6. The van der Waals surface area contributed by atoms with E-state index in [4.69, 9.17) is 0 Å². The minimum Gasteiger partial charge on any atom is -0.0829 e. The van der Waals surface area contributed by atoms with Crippen LogP contribution in [-0.4, -0.2) is 3.92 Å². The molecule has 0 aliphatic rings. The van der Waals surface area contributed by atoms with Crippen LogP contribution >= 0.6 is 22.6 Å². The Balaban J connectivity index is 2.77. The zero-order valence-corrected chi connectivity index (χ0v) is 9.36. The van der Waals surface area contributed by atoms with Gasteiger partial charge in [-0.15, -0.1) is 0 Å². The lowest BCUT2D eigenvalue weighted by atomic mass is 10.1. The van der Waals surface area contributed by atoms with Crippen molar-refractivity contribution in [3.8, 4) is 0 Å². The standard InChI is InChI=1S/C9H19I/c1-3-4-5-6-7-8-9(2)10/h9H,3-8H2,1-2H3. The molecule has 0 saturated heterocycles. The van der Waals surface area contributed by atoms with E-state index >= 15 is 0 Å². The summed E-state index contributed by atoms with van der Waals surface area (Å²) in [6.07, 6.45) is 8.52. The van der Waals surface area contributed by atoms with Gasteiger partial charge in [0, 0.05) is 3.92 Å². The van der Waals surface area contributed by atoms with Crippen molar-refractivity contribution in [2.24, 2.45) is 0 Å². The van der Waals surface area contributed by atoms with Gasteiger partial charge in [0.1, 0.15) is 0 Å². The van der Waals surface area contributed by atoms with Crippen molar-refractivity contribution < 1.29 is 0 Å². The Morgan fingerprint density at radius 2 is 1.70 bits per heavy atom. The molecule has 0 spiro atoms. The first-order valence-electron chi connectivity index (χ1n) is 4.41. The summed E-state index contributed by atoms with van der Waals surface area (Å²) >= 11 is 2.50. The lowest BCUT2D eigenvalue weighted by Gasteiger charge is -2.01. The lowest BCUT2D eigenvalue weighted by molar-refractivity contribution is 0.611. The van der Waals surface area contributed by atoms with Gasteiger partial charge in [-0.05, 0) is 6.42 Å². The molecular weight excluding hydrogens is 235 g/mol. The quantitative estimate of drug-likeness (QED) is 0.379. The molecule has 0 amide bonds. The Morgan fingerprint density at radius 3 is 2.20 bits per heavy atom. The van der Waals surface area contributed by atoms with Crippen LogP contribution in [0.15, 0.2) is 0 Å². The smallest absolute Gasteiger partial charge is 0.00813 e. The Hall–Kier alpha value is 0.730. The Morgan fingerprint density at radius 1 is 1.10 bits per heavy atom. The molecule has 0 aromatic carbocycles. The van der Waals surface area contributed by atoms with Gasteiger partial charge in [-0.2, -0.15) is 0 Å². The predicted octanol–water partition coefficient (Wildman–Crippen LogP) is 4.17. The van der Waals surface area contributed by atoms with Gasteiger partial charge in [-0.3, -0.25) is 0 Å². The van der Waals surface area contributed by atoms with E-state index in [2.05, 4.69) is 36.4 Å². The van der Waals surface area contributed by atoms with E-state index in [0.717, 1.165) is 3.92 Å². The molecule has 10 heavy (non-hydrogen) atoms. The van der Waals surface area contributed by atoms with E-state index in [-0.39, 0.29) is 0 Å². The number of hydrogen-bond acceptors (Lipinski definition) is 0. The van der Waals surface area contributed by atoms with Crippen molar-refractivity contribution in [1.29, 1.82) is 0 Å². The van der Waals surface area contributed by atoms with Crippen molar-refractivity contribution in [2.45, 2.75) is 56.3 Å². The minimum absolute atomic E-state index is 0.874. The molecule has 0 bridgehead atoms. The highest BCUT2D eigenvalue weighted by Crippen LogP contribution is 2.11. The first-order valence-corrected chi connectivity index (χ1v) is 5.66. The summed E-state index contributed by atoms with van der Waals surface area (Å²) in [5, 5.41) is 0. The van der Waals surface area contributed by atoms with E-state index in [1.807, 2.05) is 0 Å². The van der Waals surface area contributed by atoms with Crippen LogP contribution < -0.4 is 0 Å². The van der Waals surface area contributed by atoms with Crippen LogP contribution in [0.3, 0.4) is 0 Å². The number of alkyl halides is 1. The second-order valence-corrected chi connectivity index (χ2v) is 5.11. The van der Waals surface area contributed by atoms with Gasteiger partial charge in [0.2, 0.25) is 0 Å². The van der Waals surface area contributed by atoms with Crippen LogP contribution in [0.25, 0.3) is 0 Å². The largest absolute Gasteiger partial charge is 0.0829 e. The highest BCUT2D eigenvalue weighted by atomic mass is 127. The zero-order valence-electron chi connectivity index (χ0n) is 7.20. The summed E-state index contributed by atoms with van der Waals surface area (Å²) in [4.78, 5) is 0. The molecule has 0 nitrogen and oxygen atoms in total. The monoisotopic (exact) mass is 254 g/mol. The van der Waals surface area contributed by atoms with Crippen LogP contribution in [0.4, 0.5) is 0 Å². The average Bonchev–Trinajstić information content (AvgIpc) is 1.87. The van der Waals surface area contributed by atoms with Crippen molar-refractivity contribution in [3.63, 3.8) is 0 Å². The number of halogens is 1. The highest BCUT2D eigenvalue weighted by Gasteiger charge is 1.94. The summed E-state index contributed by atoms with van der Waals surface area (Å²) < 4.78 is 0.874. The van der Waals surface area contributed by atoms with Gasteiger partial charge in [0.05, 0.1) is 0 Å². The van der Waals surface area contributed by atoms with Crippen molar-refractivity contribution in [3.05, 3.63) is 0 Å². The molecule has 0 N–H and O–H groups in total. The molecule has 0 aliphatic heterocycles. The van der Waals surface area contributed by atoms with Crippen LogP contribution in [0.5, 0.6) is 0 Å².